The van der Waals surface area contributed by atoms with Crippen LogP contribution < -0.4 is 10.6 Å². The first-order valence-corrected chi connectivity index (χ1v) is 6.61. The van der Waals surface area contributed by atoms with Crippen molar-refractivity contribution in [3.05, 3.63) is 23.9 Å². The second-order valence-electron chi connectivity index (χ2n) is 5.03. The zero-order valence-electron chi connectivity index (χ0n) is 12.3. The molecule has 19 heavy (non-hydrogen) atoms. The van der Waals surface area contributed by atoms with Crippen LogP contribution in [0, 0.1) is 0 Å². The third-order valence-corrected chi connectivity index (χ3v) is 2.92. The van der Waals surface area contributed by atoms with Gasteiger partial charge < -0.3 is 15.5 Å². The maximum atomic E-state index is 11.8. The summed E-state index contributed by atoms with van der Waals surface area (Å²) in [5.74, 6) is 0.857. The summed E-state index contributed by atoms with van der Waals surface area (Å²) >= 11 is 0. The summed E-state index contributed by atoms with van der Waals surface area (Å²) in [6.07, 6.45) is 2.56. The Balaban J connectivity index is 2.86. The lowest BCUT2D eigenvalue weighted by atomic mass is 10.2. The number of hydrogen-bond donors (Lipinski definition) is 1. The topological polar surface area (TPSA) is 62.5 Å². The van der Waals surface area contributed by atoms with Gasteiger partial charge in [0.25, 0.3) is 5.91 Å². The fourth-order valence-corrected chi connectivity index (χ4v) is 1.84. The number of nitrogens with two attached hydrogens (primary N) is 1. The van der Waals surface area contributed by atoms with Crippen molar-refractivity contribution in [2.45, 2.75) is 26.3 Å². The molecule has 0 aliphatic heterocycles. The summed E-state index contributed by atoms with van der Waals surface area (Å²) in [5.41, 5.74) is 6.16. The van der Waals surface area contributed by atoms with E-state index in [-0.39, 0.29) is 5.91 Å². The molecule has 0 spiro atoms. The van der Waals surface area contributed by atoms with Crippen LogP contribution in [0.3, 0.4) is 0 Å². The van der Waals surface area contributed by atoms with Gasteiger partial charge in [-0.1, -0.05) is 0 Å². The zero-order valence-corrected chi connectivity index (χ0v) is 12.3. The quantitative estimate of drug-likeness (QED) is 0.842. The predicted molar refractivity (Wildman–Crippen MR) is 78.4 cm³/mol. The van der Waals surface area contributed by atoms with Gasteiger partial charge in [0.1, 0.15) is 5.82 Å². The molecule has 0 saturated heterocycles. The van der Waals surface area contributed by atoms with Crippen molar-refractivity contribution in [2.24, 2.45) is 5.73 Å². The van der Waals surface area contributed by atoms with Gasteiger partial charge in [0.2, 0.25) is 0 Å². The van der Waals surface area contributed by atoms with Crippen LogP contribution in [0.2, 0.25) is 0 Å². The smallest absolute Gasteiger partial charge is 0.254 e. The average Bonchev–Trinajstić information content (AvgIpc) is 2.38. The Bertz CT molecular complexity index is 400. The normalized spacial score (nSPS) is 10.6. The molecule has 0 unspecified atom stereocenters. The molecule has 2 N–H and O–H groups in total. The molecule has 1 rings (SSSR count). The van der Waals surface area contributed by atoms with Crippen molar-refractivity contribution in [3.63, 3.8) is 0 Å². The van der Waals surface area contributed by atoms with Gasteiger partial charge in [-0.05, 0) is 38.9 Å². The highest BCUT2D eigenvalue weighted by Gasteiger charge is 2.13. The molecule has 1 aromatic heterocycles. The van der Waals surface area contributed by atoms with E-state index in [0.717, 1.165) is 18.8 Å². The van der Waals surface area contributed by atoms with Crippen molar-refractivity contribution in [1.29, 1.82) is 0 Å². The first-order valence-electron chi connectivity index (χ1n) is 6.61. The van der Waals surface area contributed by atoms with Crippen LogP contribution in [0.4, 0.5) is 5.82 Å². The van der Waals surface area contributed by atoms with Gasteiger partial charge in [-0.15, -0.1) is 0 Å². The lowest BCUT2D eigenvalue weighted by Gasteiger charge is -2.27. The van der Waals surface area contributed by atoms with Gasteiger partial charge in [0.05, 0.1) is 5.56 Å². The van der Waals surface area contributed by atoms with Crippen LogP contribution in [0.1, 0.15) is 30.6 Å². The maximum Gasteiger partial charge on any atom is 0.254 e. The SMILES string of the molecule is CC(C)N(CCCN)c1ccc(C(=O)N(C)C)cn1. The molecule has 0 aromatic carbocycles. The number of hydrogen-bond acceptors (Lipinski definition) is 4. The number of anilines is 1. The average molecular weight is 264 g/mol. The van der Waals surface area contributed by atoms with Crippen molar-refractivity contribution in [1.82, 2.24) is 9.88 Å². The van der Waals surface area contributed by atoms with E-state index in [1.54, 1.807) is 25.2 Å². The Labute approximate surface area is 115 Å². The molecule has 1 amide bonds. The third kappa shape index (κ3) is 4.21. The molecule has 0 aliphatic rings. The summed E-state index contributed by atoms with van der Waals surface area (Å²) in [7, 11) is 3.47. The Morgan fingerprint density at radius 3 is 2.47 bits per heavy atom. The molecule has 0 aliphatic carbocycles. The summed E-state index contributed by atoms with van der Waals surface area (Å²) in [6.45, 7) is 5.79. The number of pyridine rings is 1. The first-order chi connectivity index (χ1) is 8.97. The van der Waals surface area contributed by atoms with Crippen LogP contribution in [0.25, 0.3) is 0 Å². The van der Waals surface area contributed by atoms with E-state index in [4.69, 9.17) is 5.73 Å². The van der Waals surface area contributed by atoms with Crippen LogP contribution in [-0.2, 0) is 0 Å². The number of nitrogens with zero attached hydrogens (tertiary/aromatic N) is 3. The first kappa shape index (κ1) is 15.4. The van der Waals surface area contributed by atoms with Crippen LogP contribution >= 0.6 is 0 Å². The van der Waals surface area contributed by atoms with E-state index in [1.165, 1.54) is 0 Å². The Morgan fingerprint density at radius 1 is 1.37 bits per heavy atom. The number of rotatable bonds is 6. The van der Waals surface area contributed by atoms with Gasteiger partial charge in [0.15, 0.2) is 0 Å². The Hall–Kier alpha value is -1.62. The Morgan fingerprint density at radius 2 is 2.05 bits per heavy atom. The van der Waals surface area contributed by atoms with Gasteiger partial charge >= 0.3 is 0 Å². The summed E-state index contributed by atoms with van der Waals surface area (Å²) in [6, 6.07) is 4.07. The predicted octanol–water partition coefficient (Wildman–Crippen LogP) is 1.35. The number of amides is 1. The fourth-order valence-electron chi connectivity index (χ4n) is 1.84. The molecule has 5 heteroatoms. The fraction of sp³-hybridized carbons (Fsp3) is 0.571. The zero-order chi connectivity index (χ0) is 14.4. The summed E-state index contributed by atoms with van der Waals surface area (Å²) in [5, 5.41) is 0. The molecule has 106 valence electrons. The lowest BCUT2D eigenvalue weighted by molar-refractivity contribution is 0.0827. The molecule has 0 radical (unpaired) electrons. The third-order valence-electron chi connectivity index (χ3n) is 2.92. The van der Waals surface area contributed by atoms with Crippen LogP contribution in [0.5, 0.6) is 0 Å². The number of carbonyl (C=O) groups excluding carboxylic acids is 1. The maximum absolute atomic E-state index is 11.8. The van der Waals surface area contributed by atoms with Crippen molar-refractivity contribution < 1.29 is 4.79 Å². The second-order valence-corrected chi connectivity index (χ2v) is 5.03. The molecule has 1 aromatic rings. The standard InChI is InChI=1S/C14H24N4O/c1-11(2)18(9-5-8-15)13-7-6-12(10-16-13)14(19)17(3)4/h6-7,10-11H,5,8-9,15H2,1-4H3. The largest absolute Gasteiger partial charge is 0.354 e. The van der Waals surface area contributed by atoms with E-state index >= 15 is 0 Å². The van der Waals surface area contributed by atoms with Gasteiger partial charge in [-0.2, -0.15) is 0 Å². The van der Waals surface area contributed by atoms with E-state index in [2.05, 4.69) is 23.7 Å². The monoisotopic (exact) mass is 264 g/mol. The molecular formula is C14H24N4O. The molecule has 0 bridgehead atoms. The highest BCUT2D eigenvalue weighted by Crippen LogP contribution is 2.15. The highest BCUT2D eigenvalue weighted by atomic mass is 16.2. The van der Waals surface area contributed by atoms with Crippen molar-refractivity contribution in [2.75, 3.05) is 32.1 Å². The highest BCUT2D eigenvalue weighted by molar-refractivity contribution is 5.93. The number of aromatic nitrogens is 1. The molecule has 0 atom stereocenters. The summed E-state index contributed by atoms with van der Waals surface area (Å²) < 4.78 is 0. The van der Waals surface area contributed by atoms with E-state index in [1.807, 2.05) is 12.1 Å². The number of carbonyl (C=O) groups is 1. The molecule has 1 heterocycles. The molecule has 0 saturated carbocycles. The van der Waals surface area contributed by atoms with E-state index < -0.39 is 0 Å². The summed E-state index contributed by atoms with van der Waals surface area (Å²) in [4.78, 5) is 19.9. The van der Waals surface area contributed by atoms with Gasteiger partial charge in [-0.25, -0.2) is 4.98 Å². The van der Waals surface area contributed by atoms with Crippen LogP contribution in [0.15, 0.2) is 18.3 Å². The van der Waals surface area contributed by atoms with Gasteiger partial charge in [0, 0.05) is 32.9 Å². The minimum absolute atomic E-state index is 0.0305. The van der Waals surface area contributed by atoms with E-state index in [0.29, 0.717) is 18.2 Å². The minimum Gasteiger partial charge on any atom is -0.354 e. The van der Waals surface area contributed by atoms with Gasteiger partial charge in [-0.3, -0.25) is 4.79 Å². The van der Waals surface area contributed by atoms with Crippen LogP contribution in [-0.4, -0.2) is 49.0 Å². The lowest BCUT2D eigenvalue weighted by Crippen LogP contribution is -2.33. The second kappa shape index (κ2) is 7.09. The molecular weight excluding hydrogens is 240 g/mol. The molecule has 5 nitrogen and oxygen atoms in total. The Kier molecular flexibility index (Phi) is 5.76. The van der Waals surface area contributed by atoms with Crippen molar-refractivity contribution in [3.8, 4) is 0 Å². The van der Waals surface area contributed by atoms with E-state index in [9.17, 15) is 4.79 Å². The minimum atomic E-state index is -0.0305. The molecule has 0 fully saturated rings. The van der Waals surface area contributed by atoms with Crippen molar-refractivity contribution >= 4 is 11.7 Å².